The lowest BCUT2D eigenvalue weighted by atomic mass is 10.3. The molecule has 0 heterocycles. The summed E-state index contributed by atoms with van der Waals surface area (Å²) in [6.07, 6.45) is 1.43. The molecule has 0 radical (unpaired) electrons. The van der Waals surface area contributed by atoms with Gasteiger partial charge in [0.15, 0.2) is 0 Å². The molecule has 7 heteroatoms. The van der Waals surface area contributed by atoms with Gasteiger partial charge in [0.25, 0.3) is 5.91 Å². The Labute approximate surface area is 106 Å². The third kappa shape index (κ3) is 7.24. The van der Waals surface area contributed by atoms with E-state index in [1.54, 1.807) is 6.07 Å². The van der Waals surface area contributed by atoms with Crippen molar-refractivity contribution in [1.29, 1.82) is 5.26 Å². The average molecular weight is 255 g/mol. The fourth-order valence-corrected chi connectivity index (χ4v) is 0.961. The number of hydrogen-bond acceptors (Lipinski definition) is 6. The van der Waals surface area contributed by atoms with Gasteiger partial charge < -0.3 is 20.1 Å². The van der Waals surface area contributed by atoms with Gasteiger partial charge >= 0.3 is 5.97 Å². The normalized spacial score (nSPS) is 10.4. The third-order valence-electron chi connectivity index (χ3n) is 1.90. The van der Waals surface area contributed by atoms with Crippen molar-refractivity contribution >= 4 is 11.9 Å². The Morgan fingerprint density at radius 1 is 1.33 bits per heavy atom. The summed E-state index contributed by atoms with van der Waals surface area (Å²) in [5.41, 5.74) is -0.0593. The number of nitrogens with one attached hydrogen (secondary N) is 2. The van der Waals surface area contributed by atoms with Crippen molar-refractivity contribution in [3.05, 3.63) is 11.8 Å². The molecule has 0 spiro atoms. The van der Waals surface area contributed by atoms with E-state index in [1.807, 2.05) is 0 Å². The first-order valence-electron chi connectivity index (χ1n) is 5.33. The summed E-state index contributed by atoms with van der Waals surface area (Å²) in [5, 5.41) is 14.0. The van der Waals surface area contributed by atoms with Crippen LogP contribution in [0.5, 0.6) is 0 Å². The summed E-state index contributed by atoms with van der Waals surface area (Å²) in [7, 11) is 2.81. The number of esters is 1. The maximum Gasteiger partial charge on any atom is 0.307 e. The minimum atomic E-state index is -0.486. The SMILES string of the molecule is COCCNC(=O)/C(C#N)=C\NCCC(=O)OC. The van der Waals surface area contributed by atoms with Crippen LogP contribution in [-0.2, 0) is 19.1 Å². The molecular formula is C11H17N3O4. The minimum absolute atomic E-state index is 0.0593. The molecule has 0 atom stereocenters. The van der Waals surface area contributed by atoms with Crippen molar-refractivity contribution in [1.82, 2.24) is 10.6 Å². The number of amides is 1. The highest BCUT2D eigenvalue weighted by Gasteiger charge is 2.07. The van der Waals surface area contributed by atoms with Crippen molar-refractivity contribution in [2.24, 2.45) is 0 Å². The van der Waals surface area contributed by atoms with E-state index in [0.717, 1.165) is 0 Å². The number of nitriles is 1. The molecular weight excluding hydrogens is 238 g/mol. The van der Waals surface area contributed by atoms with E-state index in [-0.39, 0.29) is 18.0 Å². The van der Waals surface area contributed by atoms with Gasteiger partial charge in [0.05, 0.1) is 20.1 Å². The molecule has 7 nitrogen and oxygen atoms in total. The molecule has 0 fully saturated rings. The monoisotopic (exact) mass is 255 g/mol. The lowest BCUT2D eigenvalue weighted by molar-refractivity contribution is -0.140. The molecule has 0 saturated heterocycles. The molecule has 18 heavy (non-hydrogen) atoms. The van der Waals surface area contributed by atoms with E-state index in [0.29, 0.717) is 19.7 Å². The highest BCUT2D eigenvalue weighted by molar-refractivity contribution is 5.97. The third-order valence-corrected chi connectivity index (χ3v) is 1.90. The van der Waals surface area contributed by atoms with Crippen molar-refractivity contribution in [2.45, 2.75) is 6.42 Å². The van der Waals surface area contributed by atoms with Crippen molar-refractivity contribution in [3.8, 4) is 6.07 Å². The van der Waals surface area contributed by atoms with Gasteiger partial charge in [-0.2, -0.15) is 5.26 Å². The second kappa shape index (κ2) is 10.1. The van der Waals surface area contributed by atoms with Crippen LogP contribution < -0.4 is 10.6 Å². The number of rotatable bonds is 8. The lowest BCUT2D eigenvalue weighted by Crippen LogP contribution is -2.29. The maximum absolute atomic E-state index is 11.4. The summed E-state index contributed by atoms with van der Waals surface area (Å²) < 4.78 is 9.20. The Morgan fingerprint density at radius 2 is 2.06 bits per heavy atom. The highest BCUT2D eigenvalue weighted by atomic mass is 16.5. The molecule has 0 aromatic heterocycles. The second-order valence-electron chi connectivity index (χ2n) is 3.20. The van der Waals surface area contributed by atoms with Crippen LogP contribution >= 0.6 is 0 Å². The van der Waals surface area contributed by atoms with Gasteiger partial charge in [-0.1, -0.05) is 0 Å². The summed E-state index contributed by atoms with van der Waals surface area (Å²) >= 11 is 0. The van der Waals surface area contributed by atoms with Crippen LogP contribution in [0.25, 0.3) is 0 Å². The standard InChI is InChI=1S/C11H17N3O4/c1-17-6-5-14-11(16)9(7-12)8-13-4-3-10(15)18-2/h8,13H,3-6H2,1-2H3,(H,14,16)/b9-8-. The van der Waals surface area contributed by atoms with Crippen molar-refractivity contribution < 1.29 is 19.1 Å². The lowest BCUT2D eigenvalue weighted by Gasteiger charge is -2.04. The molecule has 0 aromatic rings. The van der Waals surface area contributed by atoms with Crippen LogP contribution in [0.3, 0.4) is 0 Å². The Hall–Kier alpha value is -2.07. The number of ether oxygens (including phenoxy) is 2. The number of methoxy groups -OCH3 is 2. The summed E-state index contributed by atoms with van der Waals surface area (Å²) in [4.78, 5) is 22.2. The van der Waals surface area contributed by atoms with Gasteiger partial charge in [0.1, 0.15) is 11.6 Å². The fourth-order valence-electron chi connectivity index (χ4n) is 0.961. The van der Waals surface area contributed by atoms with Gasteiger partial charge in [-0.25, -0.2) is 0 Å². The fraction of sp³-hybridized carbons (Fsp3) is 0.545. The van der Waals surface area contributed by atoms with Gasteiger partial charge in [-0.15, -0.1) is 0 Å². The van der Waals surface area contributed by atoms with Crippen LogP contribution in [0.2, 0.25) is 0 Å². The number of carbonyl (C=O) groups excluding carboxylic acids is 2. The van der Waals surface area contributed by atoms with Crippen LogP contribution in [0.4, 0.5) is 0 Å². The largest absolute Gasteiger partial charge is 0.469 e. The molecule has 0 aliphatic carbocycles. The zero-order valence-corrected chi connectivity index (χ0v) is 10.5. The molecule has 0 rings (SSSR count). The van der Waals surface area contributed by atoms with E-state index in [1.165, 1.54) is 20.4 Å². The summed E-state index contributed by atoms with van der Waals surface area (Å²) in [6, 6.07) is 1.76. The van der Waals surface area contributed by atoms with E-state index in [4.69, 9.17) is 10.00 Å². The summed E-state index contributed by atoms with van der Waals surface area (Å²) in [5.74, 6) is -0.848. The Kier molecular flexibility index (Phi) is 8.95. The van der Waals surface area contributed by atoms with Crippen LogP contribution in [0.15, 0.2) is 11.8 Å². The molecule has 100 valence electrons. The predicted molar refractivity (Wildman–Crippen MR) is 63.2 cm³/mol. The van der Waals surface area contributed by atoms with Gasteiger partial charge in [-0.3, -0.25) is 9.59 Å². The topological polar surface area (TPSA) is 100 Å². The number of hydrogen-bond donors (Lipinski definition) is 2. The van der Waals surface area contributed by atoms with E-state index >= 15 is 0 Å². The number of nitrogens with zero attached hydrogens (tertiary/aromatic N) is 1. The van der Waals surface area contributed by atoms with Gasteiger partial charge in [-0.05, 0) is 0 Å². The quantitative estimate of drug-likeness (QED) is 0.258. The van der Waals surface area contributed by atoms with Crippen LogP contribution in [0.1, 0.15) is 6.42 Å². The van der Waals surface area contributed by atoms with Crippen LogP contribution in [0, 0.1) is 11.3 Å². The van der Waals surface area contributed by atoms with E-state index < -0.39 is 5.91 Å². The molecule has 2 N–H and O–H groups in total. The Balaban J connectivity index is 4.03. The Morgan fingerprint density at radius 3 is 2.61 bits per heavy atom. The Bertz CT molecular complexity index is 347. The van der Waals surface area contributed by atoms with Crippen molar-refractivity contribution in [3.63, 3.8) is 0 Å². The smallest absolute Gasteiger partial charge is 0.307 e. The molecule has 0 aliphatic heterocycles. The zero-order valence-electron chi connectivity index (χ0n) is 10.5. The molecule has 1 amide bonds. The average Bonchev–Trinajstić information content (AvgIpc) is 2.38. The van der Waals surface area contributed by atoms with E-state index in [9.17, 15) is 9.59 Å². The summed E-state index contributed by atoms with van der Waals surface area (Å²) in [6.45, 7) is 1.000. The predicted octanol–water partition coefficient (Wildman–Crippen LogP) is -0.691. The zero-order chi connectivity index (χ0) is 13.8. The van der Waals surface area contributed by atoms with Gasteiger partial charge in [0.2, 0.25) is 0 Å². The van der Waals surface area contributed by atoms with Crippen LogP contribution in [-0.4, -0.2) is 45.8 Å². The first-order chi connectivity index (χ1) is 8.65. The van der Waals surface area contributed by atoms with E-state index in [2.05, 4.69) is 15.4 Å². The van der Waals surface area contributed by atoms with Crippen molar-refractivity contribution in [2.75, 3.05) is 33.9 Å². The molecule has 0 aromatic carbocycles. The molecule has 0 aliphatic rings. The second-order valence-corrected chi connectivity index (χ2v) is 3.20. The molecule has 0 unspecified atom stereocenters. The molecule has 0 saturated carbocycles. The highest BCUT2D eigenvalue weighted by Crippen LogP contribution is 1.90. The molecule has 0 bridgehead atoms. The first kappa shape index (κ1) is 15.9. The van der Waals surface area contributed by atoms with Gasteiger partial charge in [0, 0.05) is 26.4 Å². The minimum Gasteiger partial charge on any atom is -0.469 e. The maximum atomic E-state index is 11.4. The first-order valence-corrected chi connectivity index (χ1v) is 5.33. The number of carbonyl (C=O) groups is 2.